The van der Waals surface area contributed by atoms with Crippen molar-refractivity contribution in [3.63, 3.8) is 0 Å². The molecule has 0 aromatic heterocycles. The fourth-order valence-electron chi connectivity index (χ4n) is 2.67. The third-order valence-corrected chi connectivity index (χ3v) is 4.34. The summed E-state index contributed by atoms with van der Waals surface area (Å²) in [5.74, 6) is 0.980. The average Bonchev–Trinajstić information content (AvgIpc) is 2.62. The normalized spacial score (nSPS) is 14.0. The first kappa shape index (κ1) is 17.3. The first-order chi connectivity index (χ1) is 12.1. The molecule has 2 aromatic carbocycles. The highest BCUT2D eigenvalue weighted by Crippen LogP contribution is 2.29. The molecule has 6 heteroatoms. The largest absolute Gasteiger partial charge is 0.495 e. The molecule has 0 atom stereocenters. The highest BCUT2D eigenvalue weighted by Gasteiger charge is 2.20. The fraction of sp³-hybridized carbons (Fsp3) is 0.263. The summed E-state index contributed by atoms with van der Waals surface area (Å²) in [6, 6.07) is 13.0. The Kier molecular flexibility index (Phi) is 5.24. The molecule has 1 aliphatic heterocycles. The summed E-state index contributed by atoms with van der Waals surface area (Å²) < 4.78 is 5.20. The molecule has 1 amide bonds. The van der Waals surface area contributed by atoms with Crippen molar-refractivity contribution in [3.8, 4) is 5.75 Å². The van der Waals surface area contributed by atoms with Gasteiger partial charge in [0.2, 0.25) is 5.96 Å². The molecule has 5 nitrogen and oxygen atoms in total. The van der Waals surface area contributed by atoms with Crippen LogP contribution in [0.3, 0.4) is 0 Å². The van der Waals surface area contributed by atoms with Crippen LogP contribution in [0, 0.1) is 6.92 Å². The number of methoxy groups -OCH3 is 1. The van der Waals surface area contributed by atoms with Crippen LogP contribution >= 0.6 is 11.6 Å². The highest BCUT2D eigenvalue weighted by atomic mass is 35.5. The number of hydrogen-bond donors (Lipinski definition) is 1. The highest BCUT2D eigenvalue weighted by molar-refractivity contribution is 6.32. The van der Waals surface area contributed by atoms with Crippen molar-refractivity contribution in [1.29, 1.82) is 0 Å². The average molecular weight is 358 g/mol. The zero-order chi connectivity index (χ0) is 17.8. The zero-order valence-electron chi connectivity index (χ0n) is 14.3. The molecular weight excluding hydrogens is 338 g/mol. The Morgan fingerprint density at radius 3 is 2.68 bits per heavy atom. The molecule has 2 aromatic rings. The molecular formula is C19H20ClN3O2. The number of anilines is 1. The smallest absolute Gasteiger partial charge is 0.257 e. The predicted molar refractivity (Wildman–Crippen MR) is 101 cm³/mol. The van der Waals surface area contributed by atoms with Gasteiger partial charge in [-0.3, -0.25) is 15.1 Å². The molecule has 1 aliphatic rings. The van der Waals surface area contributed by atoms with Gasteiger partial charge in [0.1, 0.15) is 5.75 Å². The first-order valence-corrected chi connectivity index (χ1v) is 8.50. The number of amides is 1. The molecule has 0 spiro atoms. The minimum absolute atomic E-state index is 0.176. The second-order valence-electron chi connectivity index (χ2n) is 5.85. The van der Waals surface area contributed by atoms with Crippen molar-refractivity contribution in [1.82, 2.24) is 5.32 Å². The number of carbonyl (C=O) groups is 1. The van der Waals surface area contributed by atoms with Crippen molar-refractivity contribution in [2.24, 2.45) is 4.99 Å². The predicted octanol–water partition coefficient (Wildman–Crippen LogP) is 3.65. The Morgan fingerprint density at radius 2 is 2.00 bits per heavy atom. The van der Waals surface area contributed by atoms with E-state index in [4.69, 9.17) is 16.3 Å². The number of guanidine groups is 1. The van der Waals surface area contributed by atoms with Crippen LogP contribution in [-0.2, 0) is 0 Å². The van der Waals surface area contributed by atoms with Gasteiger partial charge in [0.25, 0.3) is 5.91 Å². The van der Waals surface area contributed by atoms with E-state index in [1.165, 1.54) is 0 Å². The summed E-state index contributed by atoms with van der Waals surface area (Å²) in [4.78, 5) is 18.9. The number of rotatable bonds is 3. The SMILES string of the molecule is COc1ccc(N2CCCN=C2NC(=O)c2ccc(C)cc2)cc1Cl. The van der Waals surface area contributed by atoms with Crippen LogP contribution in [0.25, 0.3) is 0 Å². The molecule has 1 N–H and O–H groups in total. The van der Waals surface area contributed by atoms with Gasteiger partial charge < -0.3 is 9.64 Å². The minimum Gasteiger partial charge on any atom is -0.495 e. The molecule has 25 heavy (non-hydrogen) atoms. The van der Waals surface area contributed by atoms with E-state index in [-0.39, 0.29) is 5.91 Å². The molecule has 0 unspecified atom stereocenters. The maximum atomic E-state index is 12.5. The van der Waals surface area contributed by atoms with Gasteiger partial charge >= 0.3 is 0 Å². The van der Waals surface area contributed by atoms with Crippen molar-refractivity contribution in [2.45, 2.75) is 13.3 Å². The summed E-state index contributed by atoms with van der Waals surface area (Å²) in [7, 11) is 1.58. The van der Waals surface area contributed by atoms with E-state index in [9.17, 15) is 4.79 Å². The Morgan fingerprint density at radius 1 is 1.24 bits per heavy atom. The van der Waals surface area contributed by atoms with Crippen LogP contribution in [0.2, 0.25) is 5.02 Å². The molecule has 0 bridgehead atoms. The molecule has 0 saturated carbocycles. The minimum atomic E-state index is -0.176. The second kappa shape index (κ2) is 7.57. The van der Waals surface area contributed by atoms with Crippen molar-refractivity contribution in [2.75, 3.05) is 25.1 Å². The lowest BCUT2D eigenvalue weighted by Gasteiger charge is -2.29. The maximum absolute atomic E-state index is 12.5. The Bertz CT molecular complexity index is 803. The molecule has 130 valence electrons. The van der Waals surface area contributed by atoms with Crippen molar-refractivity contribution in [3.05, 3.63) is 58.6 Å². The third-order valence-electron chi connectivity index (χ3n) is 4.04. The van der Waals surface area contributed by atoms with Crippen LogP contribution in [0.15, 0.2) is 47.5 Å². The number of halogens is 1. The molecule has 0 radical (unpaired) electrons. The third kappa shape index (κ3) is 3.94. The van der Waals surface area contributed by atoms with E-state index < -0.39 is 0 Å². The molecule has 0 fully saturated rings. The zero-order valence-corrected chi connectivity index (χ0v) is 15.0. The lowest BCUT2D eigenvalue weighted by molar-refractivity contribution is 0.0976. The number of nitrogens with zero attached hydrogens (tertiary/aromatic N) is 2. The number of aryl methyl sites for hydroxylation is 1. The summed E-state index contributed by atoms with van der Waals surface area (Å²) in [6.45, 7) is 3.43. The molecule has 0 aliphatic carbocycles. The summed E-state index contributed by atoms with van der Waals surface area (Å²) >= 11 is 6.23. The van der Waals surface area contributed by atoms with Crippen LogP contribution < -0.4 is 15.0 Å². The monoisotopic (exact) mass is 357 g/mol. The van der Waals surface area contributed by atoms with Crippen LogP contribution in [-0.4, -0.2) is 32.1 Å². The topological polar surface area (TPSA) is 53.9 Å². The van der Waals surface area contributed by atoms with Gasteiger partial charge in [-0.05, 0) is 43.7 Å². The first-order valence-electron chi connectivity index (χ1n) is 8.12. The number of carbonyl (C=O) groups excluding carboxylic acids is 1. The van der Waals surface area contributed by atoms with E-state index in [1.54, 1.807) is 7.11 Å². The number of aliphatic imine (C=N–C) groups is 1. The maximum Gasteiger partial charge on any atom is 0.257 e. The number of nitrogens with one attached hydrogen (secondary N) is 1. The fourth-order valence-corrected chi connectivity index (χ4v) is 2.92. The van der Waals surface area contributed by atoms with Gasteiger partial charge in [-0.25, -0.2) is 0 Å². The van der Waals surface area contributed by atoms with Gasteiger partial charge in [0, 0.05) is 24.3 Å². The van der Waals surface area contributed by atoms with Crippen molar-refractivity contribution >= 4 is 29.2 Å². The Labute approximate surface area is 152 Å². The van der Waals surface area contributed by atoms with Crippen LogP contribution in [0.1, 0.15) is 22.3 Å². The summed E-state index contributed by atoms with van der Waals surface area (Å²) in [5.41, 5.74) is 2.58. The Balaban J connectivity index is 1.81. The van der Waals surface area contributed by atoms with E-state index in [0.29, 0.717) is 28.8 Å². The van der Waals surface area contributed by atoms with Gasteiger partial charge in [-0.1, -0.05) is 29.3 Å². The van der Waals surface area contributed by atoms with Crippen LogP contribution in [0.5, 0.6) is 5.75 Å². The summed E-state index contributed by atoms with van der Waals surface area (Å²) in [6.07, 6.45) is 0.910. The standard InChI is InChI=1S/C19H20ClN3O2/c1-13-4-6-14(7-5-13)18(24)22-19-21-10-3-11-23(19)15-8-9-17(25-2)16(20)12-15/h4-9,12H,3,10-11H2,1-2H3,(H,21,22,24). The quantitative estimate of drug-likeness (QED) is 0.912. The van der Waals surface area contributed by atoms with E-state index in [0.717, 1.165) is 24.2 Å². The molecule has 1 heterocycles. The Hall–Kier alpha value is -2.53. The lowest BCUT2D eigenvalue weighted by Crippen LogP contribution is -2.47. The number of ether oxygens (including phenoxy) is 1. The summed E-state index contributed by atoms with van der Waals surface area (Å²) in [5, 5.41) is 3.44. The lowest BCUT2D eigenvalue weighted by atomic mass is 10.1. The van der Waals surface area contributed by atoms with E-state index >= 15 is 0 Å². The van der Waals surface area contributed by atoms with Crippen molar-refractivity contribution < 1.29 is 9.53 Å². The van der Waals surface area contributed by atoms with Gasteiger partial charge in [-0.15, -0.1) is 0 Å². The van der Waals surface area contributed by atoms with Crippen LogP contribution in [0.4, 0.5) is 5.69 Å². The number of hydrogen-bond acceptors (Lipinski definition) is 4. The van der Waals surface area contributed by atoms with Gasteiger partial charge in [0.15, 0.2) is 0 Å². The number of benzene rings is 2. The van der Waals surface area contributed by atoms with Gasteiger partial charge in [0.05, 0.1) is 12.1 Å². The van der Waals surface area contributed by atoms with E-state index in [2.05, 4.69) is 10.3 Å². The molecule has 0 saturated heterocycles. The van der Waals surface area contributed by atoms with E-state index in [1.807, 2.05) is 54.3 Å². The molecule has 3 rings (SSSR count). The second-order valence-corrected chi connectivity index (χ2v) is 6.26. The van der Waals surface area contributed by atoms with Gasteiger partial charge in [-0.2, -0.15) is 0 Å².